The Morgan fingerprint density at radius 3 is 0.844 bits per heavy atom. The molecule has 0 aliphatic rings. The van der Waals surface area contributed by atoms with E-state index in [0.717, 1.165) is 109 Å². The number of rotatable bonds is 70. The van der Waals surface area contributed by atoms with Crippen LogP contribution in [0.1, 0.15) is 363 Å². The number of unbranched alkanes of at least 4 members (excludes halogenated alkanes) is 39. The van der Waals surface area contributed by atoms with Gasteiger partial charge in [-0.3, -0.25) is 37.3 Å². The molecule has 90 heavy (non-hydrogen) atoms. The molecule has 0 saturated heterocycles. The van der Waals surface area contributed by atoms with Crippen LogP contribution in [0.5, 0.6) is 0 Å². The molecule has 0 fully saturated rings. The number of phosphoric ester groups is 2. The molecule has 0 spiro atoms. The summed E-state index contributed by atoms with van der Waals surface area (Å²) in [6.45, 7) is 9.51. The van der Waals surface area contributed by atoms with Gasteiger partial charge >= 0.3 is 39.5 Å². The van der Waals surface area contributed by atoms with Crippen molar-refractivity contribution in [1.29, 1.82) is 0 Å². The fourth-order valence-electron chi connectivity index (χ4n) is 10.7. The molecule has 19 heteroatoms. The number of ether oxygens (including phenoxy) is 4. The maximum Gasteiger partial charge on any atom is 0.472 e. The quantitative estimate of drug-likeness (QED) is 0.0222. The number of aliphatic hydroxyl groups is 1. The molecule has 0 amide bonds. The number of phosphoric acid groups is 2. The molecule has 0 aromatic heterocycles. The first-order chi connectivity index (χ1) is 43.4. The lowest BCUT2D eigenvalue weighted by atomic mass is 9.99. The molecule has 6 atom stereocenters. The van der Waals surface area contributed by atoms with Crippen molar-refractivity contribution in [2.75, 3.05) is 39.6 Å². The predicted octanol–water partition coefficient (Wildman–Crippen LogP) is 20.4. The second-order valence-corrected chi connectivity index (χ2v) is 29.3. The smallest absolute Gasteiger partial charge is 0.462 e. The van der Waals surface area contributed by atoms with Crippen LogP contribution in [0.15, 0.2) is 0 Å². The molecule has 534 valence electrons. The third-order valence-corrected chi connectivity index (χ3v) is 18.7. The Morgan fingerprint density at radius 1 is 0.322 bits per heavy atom. The maximum absolute atomic E-state index is 13.0. The molecular formula is C71H138O17P2. The van der Waals surface area contributed by atoms with Crippen molar-refractivity contribution in [3.05, 3.63) is 0 Å². The first-order valence-electron chi connectivity index (χ1n) is 37.0. The van der Waals surface area contributed by atoms with E-state index in [1.54, 1.807) is 0 Å². The number of esters is 4. The monoisotopic (exact) mass is 1320 g/mol. The van der Waals surface area contributed by atoms with Crippen molar-refractivity contribution in [3.8, 4) is 0 Å². The second-order valence-electron chi connectivity index (χ2n) is 26.3. The lowest BCUT2D eigenvalue weighted by Crippen LogP contribution is -2.30. The maximum atomic E-state index is 13.0. The zero-order valence-electron chi connectivity index (χ0n) is 58.4. The highest BCUT2D eigenvalue weighted by molar-refractivity contribution is 7.47. The average molecular weight is 1330 g/mol. The standard InChI is InChI=1S/C71H138O17P2/c1-7-10-12-14-16-17-26-30-36-42-48-54-69(74)82-60-67(87-70(75)55-49-43-37-31-28-25-23-21-19-18-20-22-24-27-29-35-40-46-52-64(6)9-3)62-86-90(79,80)84-58-65(72)57-83-89(77,78)85-61-66(59-81-68(73)53-47-41-33-15-13-11-8-2)88-71(76)56-50-44-38-32-34-39-45-51-63(4)5/h63-67,72H,7-62H2,1-6H3,(H,77,78)(H,79,80)/t64?,65-,66+,67+/m0/s1. The minimum absolute atomic E-state index is 0.103. The van der Waals surface area contributed by atoms with E-state index < -0.39 is 97.5 Å². The van der Waals surface area contributed by atoms with Gasteiger partial charge in [0.15, 0.2) is 12.2 Å². The molecule has 17 nitrogen and oxygen atoms in total. The zero-order chi connectivity index (χ0) is 66.5. The van der Waals surface area contributed by atoms with Gasteiger partial charge in [0.05, 0.1) is 26.4 Å². The Morgan fingerprint density at radius 2 is 0.567 bits per heavy atom. The van der Waals surface area contributed by atoms with E-state index in [-0.39, 0.29) is 25.7 Å². The fraction of sp³-hybridized carbons (Fsp3) is 0.944. The first kappa shape index (κ1) is 88.1. The summed E-state index contributed by atoms with van der Waals surface area (Å²) in [6, 6.07) is 0. The molecular weight excluding hydrogens is 1190 g/mol. The topological polar surface area (TPSA) is 237 Å². The Hall–Kier alpha value is -1.94. The predicted molar refractivity (Wildman–Crippen MR) is 363 cm³/mol. The molecule has 0 radical (unpaired) electrons. The summed E-state index contributed by atoms with van der Waals surface area (Å²) in [4.78, 5) is 72.3. The van der Waals surface area contributed by atoms with Gasteiger partial charge in [0.25, 0.3) is 0 Å². The molecule has 0 heterocycles. The van der Waals surface area contributed by atoms with Gasteiger partial charge < -0.3 is 33.8 Å². The molecule has 0 bridgehead atoms. The SMILES string of the molecule is CCCCCCCCCCCCCC(=O)OC[C@H](COP(=O)(O)OC[C@@H](O)COP(=O)(O)OC[C@@H](COC(=O)CCCCCCCCC)OC(=O)CCCCCCCCCC(C)C)OC(=O)CCCCCCCCCCCCCCCCCCCCC(C)CC. The van der Waals surface area contributed by atoms with Crippen LogP contribution in [0.3, 0.4) is 0 Å². The van der Waals surface area contributed by atoms with E-state index in [1.807, 2.05) is 0 Å². The van der Waals surface area contributed by atoms with Crippen molar-refractivity contribution in [2.45, 2.75) is 381 Å². The van der Waals surface area contributed by atoms with Crippen molar-refractivity contribution >= 4 is 39.5 Å². The second kappa shape index (κ2) is 63.1. The summed E-state index contributed by atoms with van der Waals surface area (Å²) in [5, 5.41) is 10.6. The molecule has 0 saturated carbocycles. The van der Waals surface area contributed by atoms with Gasteiger partial charge in [-0.15, -0.1) is 0 Å². The summed E-state index contributed by atoms with van der Waals surface area (Å²) in [6.07, 6.45) is 48.9. The summed E-state index contributed by atoms with van der Waals surface area (Å²) < 4.78 is 68.1. The summed E-state index contributed by atoms with van der Waals surface area (Å²) in [5.41, 5.74) is 0. The Balaban J connectivity index is 5.11. The van der Waals surface area contributed by atoms with Gasteiger partial charge in [-0.05, 0) is 37.5 Å². The van der Waals surface area contributed by atoms with Gasteiger partial charge in [0.1, 0.15) is 19.3 Å². The molecule has 0 aromatic carbocycles. The van der Waals surface area contributed by atoms with E-state index in [1.165, 1.54) is 167 Å². The number of hydrogen-bond acceptors (Lipinski definition) is 15. The Labute approximate surface area is 549 Å². The molecule has 0 aliphatic carbocycles. The average Bonchev–Trinajstić information content (AvgIpc) is 3.16. The van der Waals surface area contributed by atoms with Crippen LogP contribution < -0.4 is 0 Å². The van der Waals surface area contributed by atoms with Crippen LogP contribution >= 0.6 is 15.6 Å². The van der Waals surface area contributed by atoms with Gasteiger partial charge in [0.2, 0.25) is 0 Å². The van der Waals surface area contributed by atoms with Crippen molar-refractivity contribution in [3.63, 3.8) is 0 Å². The minimum atomic E-state index is -4.95. The summed E-state index contributed by atoms with van der Waals surface area (Å²) >= 11 is 0. The number of aliphatic hydroxyl groups excluding tert-OH is 1. The third kappa shape index (κ3) is 63.5. The summed E-state index contributed by atoms with van der Waals surface area (Å²) in [5.74, 6) is -0.563. The molecule has 3 N–H and O–H groups in total. The van der Waals surface area contributed by atoms with Gasteiger partial charge in [-0.25, -0.2) is 9.13 Å². The van der Waals surface area contributed by atoms with E-state index >= 15 is 0 Å². The molecule has 0 aliphatic heterocycles. The Bertz CT molecular complexity index is 1750. The van der Waals surface area contributed by atoms with Crippen LogP contribution in [-0.4, -0.2) is 96.7 Å². The van der Waals surface area contributed by atoms with Crippen LogP contribution in [0.25, 0.3) is 0 Å². The van der Waals surface area contributed by atoms with Crippen LogP contribution in [0.4, 0.5) is 0 Å². The molecule has 0 rings (SSSR count). The third-order valence-electron chi connectivity index (χ3n) is 16.8. The minimum Gasteiger partial charge on any atom is -0.462 e. The number of hydrogen-bond donors (Lipinski definition) is 3. The lowest BCUT2D eigenvalue weighted by molar-refractivity contribution is -0.161. The van der Waals surface area contributed by atoms with Crippen LogP contribution in [0.2, 0.25) is 0 Å². The van der Waals surface area contributed by atoms with Crippen molar-refractivity contribution < 1.29 is 80.2 Å². The highest BCUT2D eigenvalue weighted by atomic mass is 31.2. The molecule has 3 unspecified atom stereocenters. The molecule has 0 aromatic rings. The van der Waals surface area contributed by atoms with Crippen molar-refractivity contribution in [1.82, 2.24) is 0 Å². The highest BCUT2D eigenvalue weighted by Crippen LogP contribution is 2.45. The zero-order valence-corrected chi connectivity index (χ0v) is 60.2. The largest absolute Gasteiger partial charge is 0.472 e. The van der Waals surface area contributed by atoms with E-state index in [9.17, 15) is 43.2 Å². The van der Waals surface area contributed by atoms with E-state index in [2.05, 4.69) is 41.5 Å². The van der Waals surface area contributed by atoms with Gasteiger partial charge in [0, 0.05) is 25.7 Å². The van der Waals surface area contributed by atoms with Crippen LogP contribution in [-0.2, 0) is 65.4 Å². The van der Waals surface area contributed by atoms with Gasteiger partial charge in [-0.2, -0.15) is 0 Å². The summed E-state index contributed by atoms with van der Waals surface area (Å²) in [7, 11) is -9.89. The van der Waals surface area contributed by atoms with E-state index in [0.29, 0.717) is 31.6 Å². The van der Waals surface area contributed by atoms with Gasteiger partial charge in [-0.1, -0.05) is 311 Å². The van der Waals surface area contributed by atoms with Crippen LogP contribution in [0, 0.1) is 11.8 Å². The van der Waals surface area contributed by atoms with E-state index in [4.69, 9.17) is 37.0 Å². The normalized spacial score (nSPS) is 14.4. The first-order valence-corrected chi connectivity index (χ1v) is 40.0. The lowest BCUT2D eigenvalue weighted by Gasteiger charge is -2.21. The fourth-order valence-corrected chi connectivity index (χ4v) is 12.3. The number of carbonyl (C=O) groups is 4. The number of carbonyl (C=O) groups excluding carboxylic acids is 4. The highest BCUT2D eigenvalue weighted by Gasteiger charge is 2.30. The van der Waals surface area contributed by atoms with Crippen molar-refractivity contribution in [2.24, 2.45) is 11.8 Å². The Kier molecular flexibility index (Phi) is 61.8.